The van der Waals surface area contributed by atoms with Crippen molar-refractivity contribution in [2.45, 2.75) is 13.0 Å². The van der Waals surface area contributed by atoms with E-state index in [-0.39, 0.29) is 30.5 Å². The van der Waals surface area contributed by atoms with E-state index in [1.54, 1.807) is 24.3 Å². The maximum atomic E-state index is 12.5. The van der Waals surface area contributed by atoms with Gasteiger partial charge in [-0.25, -0.2) is 0 Å². The SMILES string of the molecule is Nc1ccc(CNC(=O)c2cc(Cl)cc(NC(=O)Cc3ccccc3)c2)c(O)c1. The second-order valence-electron chi connectivity index (χ2n) is 6.51. The van der Waals surface area contributed by atoms with Crippen LogP contribution in [-0.2, 0) is 17.8 Å². The van der Waals surface area contributed by atoms with Gasteiger partial charge in [0, 0.05) is 40.1 Å². The van der Waals surface area contributed by atoms with Gasteiger partial charge in [0.15, 0.2) is 0 Å². The van der Waals surface area contributed by atoms with Crippen LogP contribution in [0, 0.1) is 0 Å². The third-order valence-corrected chi connectivity index (χ3v) is 4.42. The Morgan fingerprint density at radius 2 is 1.76 bits per heavy atom. The first kappa shape index (κ1) is 20.2. The molecule has 7 heteroatoms. The summed E-state index contributed by atoms with van der Waals surface area (Å²) in [4.78, 5) is 24.7. The van der Waals surface area contributed by atoms with Crippen LogP contribution >= 0.6 is 11.6 Å². The molecule has 0 aliphatic rings. The van der Waals surface area contributed by atoms with E-state index in [1.165, 1.54) is 12.1 Å². The highest BCUT2D eigenvalue weighted by atomic mass is 35.5. The number of rotatable bonds is 6. The van der Waals surface area contributed by atoms with Crippen molar-refractivity contribution in [2.75, 3.05) is 11.1 Å². The Labute approximate surface area is 173 Å². The highest BCUT2D eigenvalue weighted by Gasteiger charge is 2.11. The number of carbonyl (C=O) groups is 2. The molecule has 0 aromatic heterocycles. The highest BCUT2D eigenvalue weighted by Crippen LogP contribution is 2.22. The van der Waals surface area contributed by atoms with Crippen LogP contribution in [0.1, 0.15) is 21.5 Å². The lowest BCUT2D eigenvalue weighted by atomic mass is 10.1. The third kappa shape index (κ3) is 5.73. The van der Waals surface area contributed by atoms with Crippen molar-refractivity contribution < 1.29 is 14.7 Å². The van der Waals surface area contributed by atoms with E-state index in [4.69, 9.17) is 17.3 Å². The number of nitrogens with two attached hydrogens (primary N) is 1. The molecule has 3 aromatic rings. The van der Waals surface area contributed by atoms with Gasteiger partial charge in [-0.1, -0.05) is 48.0 Å². The molecule has 0 heterocycles. The van der Waals surface area contributed by atoms with Gasteiger partial charge in [-0.05, 0) is 29.8 Å². The molecule has 0 radical (unpaired) electrons. The van der Waals surface area contributed by atoms with Crippen LogP contribution < -0.4 is 16.4 Å². The van der Waals surface area contributed by atoms with Crippen LogP contribution in [0.5, 0.6) is 5.75 Å². The Bertz CT molecular complexity index is 1040. The minimum atomic E-state index is -0.387. The number of anilines is 2. The number of aromatic hydroxyl groups is 1. The Morgan fingerprint density at radius 1 is 1.00 bits per heavy atom. The smallest absolute Gasteiger partial charge is 0.251 e. The second kappa shape index (κ2) is 9.12. The molecule has 3 rings (SSSR count). The minimum absolute atomic E-state index is 0.00487. The summed E-state index contributed by atoms with van der Waals surface area (Å²) in [5.41, 5.74) is 8.17. The molecule has 0 saturated carbocycles. The van der Waals surface area contributed by atoms with Crippen LogP contribution in [0.2, 0.25) is 5.02 Å². The van der Waals surface area contributed by atoms with Crippen molar-refractivity contribution in [3.63, 3.8) is 0 Å². The molecule has 0 atom stereocenters. The normalized spacial score (nSPS) is 10.4. The van der Waals surface area contributed by atoms with Crippen molar-refractivity contribution >= 4 is 34.8 Å². The van der Waals surface area contributed by atoms with Gasteiger partial charge in [-0.3, -0.25) is 9.59 Å². The number of amides is 2. The van der Waals surface area contributed by atoms with Crippen molar-refractivity contribution in [3.05, 3.63) is 88.4 Å². The first-order chi connectivity index (χ1) is 13.9. The molecule has 0 aliphatic carbocycles. The van der Waals surface area contributed by atoms with Crippen molar-refractivity contribution in [1.29, 1.82) is 0 Å². The summed E-state index contributed by atoms with van der Waals surface area (Å²) in [6, 6.07) is 18.7. The van der Waals surface area contributed by atoms with Gasteiger partial charge in [0.2, 0.25) is 5.91 Å². The predicted octanol–water partition coefficient (Wildman–Crippen LogP) is 3.74. The van der Waals surface area contributed by atoms with Crippen LogP contribution in [0.4, 0.5) is 11.4 Å². The lowest BCUT2D eigenvalue weighted by Crippen LogP contribution is -2.23. The maximum absolute atomic E-state index is 12.5. The molecule has 0 bridgehead atoms. The number of phenolic OH excluding ortho intramolecular Hbond substituents is 1. The average molecular weight is 410 g/mol. The van der Waals surface area contributed by atoms with Gasteiger partial charge in [0.05, 0.1) is 6.42 Å². The molecule has 0 spiro atoms. The number of hydrogen-bond acceptors (Lipinski definition) is 4. The average Bonchev–Trinajstić information content (AvgIpc) is 2.67. The molecular formula is C22H20ClN3O3. The molecule has 2 amide bonds. The van der Waals surface area contributed by atoms with Gasteiger partial charge < -0.3 is 21.5 Å². The summed E-state index contributed by atoms with van der Waals surface area (Å²) in [6.45, 7) is 0.118. The largest absolute Gasteiger partial charge is 0.508 e. The van der Waals surface area contributed by atoms with Crippen LogP contribution in [0.3, 0.4) is 0 Å². The molecule has 0 saturated heterocycles. The Balaban J connectivity index is 1.66. The molecule has 5 N–H and O–H groups in total. The molecular weight excluding hydrogens is 390 g/mol. The summed E-state index contributed by atoms with van der Waals surface area (Å²) in [5.74, 6) is -0.593. The molecule has 0 aliphatic heterocycles. The first-order valence-electron chi connectivity index (χ1n) is 8.90. The van der Waals surface area contributed by atoms with E-state index in [2.05, 4.69) is 10.6 Å². The standard InChI is InChI=1S/C22H20ClN3O3/c23-17-9-16(22(29)25-13-15-6-7-18(24)12-20(15)27)10-19(11-17)26-21(28)8-14-4-2-1-3-5-14/h1-7,9-12,27H,8,13,24H2,(H,25,29)(H,26,28). The number of benzene rings is 3. The van der Waals surface area contributed by atoms with Crippen LogP contribution in [0.15, 0.2) is 66.7 Å². The maximum Gasteiger partial charge on any atom is 0.251 e. The monoisotopic (exact) mass is 409 g/mol. The fraction of sp³-hybridized carbons (Fsp3) is 0.0909. The summed E-state index contributed by atoms with van der Waals surface area (Å²) in [6.07, 6.45) is 0.214. The van der Waals surface area contributed by atoms with E-state index >= 15 is 0 Å². The summed E-state index contributed by atoms with van der Waals surface area (Å²) >= 11 is 6.11. The van der Waals surface area contributed by atoms with Gasteiger partial charge in [-0.15, -0.1) is 0 Å². The van der Waals surface area contributed by atoms with Gasteiger partial charge in [0.1, 0.15) is 5.75 Å². The van der Waals surface area contributed by atoms with Crippen molar-refractivity contribution in [2.24, 2.45) is 0 Å². The Hall–Kier alpha value is -3.51. The number of nitrogens with one attached hydrogen (secondary N) is 2. The Kier molecular flexibility index (Phi) is 6.36. The summed E-state index contributed by atoms with van der Waals surface area (Å²) in [7, 11) is 0. The topological polar surface area (TPSA) is 104 Å². The summed E-state index contributed by atoms with van der Waals surface area (Å²) in [5, 5.41) is 15.7. The van der Waals surface area contributed by atoms with E-state index in [0.717, 1.165) is 5.56 Å². The zero-order chi connectivity index (χ0) is 20.8. The van der Waals surface area contributed by atoms with E-state index in [0.29, 0.717) is 27.5 Å². The van der Waals surface area contributed by atoms with Gasteiger partial charge >= 0.3 is 0 Å². The molecule has 148 valence electrons. The third-order valence-electron chi connectivity index (χ3n) is 4.20. The Morgan fingerprint density at radius 3 is 2.48 bits per heavy atom. The highest BCUT2D eigenvalue weighted by molar-refractivity contribution is 6.31. The number of hydrogen-bond donors (Lipinski definition) is 4. The molecule has 0 fully saturated rings. The zero-order valence-corrected chi connectivity index (χ0v) is 16.2. The van der Waals surface area contributed by atoms with Gasteiger partial charge in [0.25, 0.3) is 5.91 Å². The number of phenols is 1. The lowest BCUT2D eigenvalue weighted by molar-refractivity contribution is -0.115. The summed E-state index contributed by atoms with van der Waals surface area (Å²) < 4.78 is 0. The van der Waals surface area contributed by atoms with Crippen LogP contribution in [0.25, 0.3) is 0 Å². The first-order valence-corrected chi connectivity index (χ1v) is 9.28. The van der Waals surface area contributed by atoms with E-state index in [1.807, 2.05) is 30.3 Å². The number of nitrogen functional groups attached to an aromatic ring is 1. The predicted molar refractivity (Wildman–Crippen MR) is 114 cm³/mol. The van der Waals surface area contributed by atoms with E-state index < -0.39 is 0 Å². The van der Waals surface area contributed by atoms with Crippen molar-refractivity contribution in [3.8, 4) is 5.75 Å². The lowest BCUT2D eigenvalue weighted by Gasteiger charge is -2.10. The molecule has 3 aromatic carbocycles. The van der Waals surface area contributed by atoms with E-state index in [9.17, 15) is 14.7 Å². The minimum Gasteiger partial charge on any atom is -0.508 e. The fourth-order valence-corrected chi connectivity index (χ4v) is 3.02. The quantitative estimate of drug-likeness (QED) is 0.465. The number of carbonyl (C=O) groups excluding carboxylic acids is 2. The molecule has 29 heavy (non-hydrogen) atoms. The van der Waals surface area contributed by atoms with Crippen LogP contribution in [-0.4, -0.2) is 16.9 Å². The van der Waals surface area contributed by atoms with Crippen molar-refractivity contribution in [1.82, 2.24) is 5.32 Å². The zero-order valence-electron chi connectivity index (χ0n) is 15.5. The molecule has 0 unspecified atom stereocenters. The molecule has 6 nitrogen and oxygen atoms in total. The van der Waals surface area contributed by atoms with Gasteiger partial charge in [-0.2, -0.15) is 0 Å². The second-order valence-corrected chi connectivity index (χ2v) is 6.95. The number of halogens is 1. The fourth-order valence-electron chi connectivity index (χ4n) is 2.79.